The van der Waals surface area contributed by atoms with Gasteiger partial charge in [-0.15, -0.1) is 0 Å². The largest absolute Gasteiger partial charge is 0.416 e. The summed E-state index contributed by atoms with van der Waals surface area (Å²) in [5.41, 5.74) is -0.124. The van der Waals surface area contributed by atoms with Gasteiger partial charge in [0.25, 0.3) is 0 Å². The molecule has 0 saturated heterocycles. The summed E-state index contributed by atoms with van der Waals surface area (Å²) in [5.74, 6) is -2.53. The lowest BCUT2D eigenvalue weighted by atomic mass is 10.2. The molecule has 0 atom stereocenters. The predicted octanol–water partition coefficient (Wildman–Crippen LogP) is 3.90. The van der Waals surface area contributed by atoms with Gasteiger partial charge in [-0.2, -0.15) is 13.2 Å². The molecule has 9 heteroatoms. The SMILES string of the molecule is O=C(Nc1ccc(C(F)(F)F)cc1)C(=O)Nc1c[nH]c2cc(F)ccc12. The molecule has 3 aromatic rings. The Bertz CT molecular complexity index is 978. The number of rotatable bonds is 2. The summed E-state index contributed by atoms with van der Waals surface area (Å²) in [4.78, 5) is 26.6. The van der Waals surface area contributed by atoms with Gasteiger partial charge < -0.3 is 15.6 Å². The fourth-order valence-corrected chi connectivity index (χ4v) is 2.31. The van der Waals surface area contributed by atoms with Crippen molar-refractivity contribution in [1.29, 1.82) is 0 Å². The molecule has 0 fully saturated rings. The molecule has 2 aromatic carbocycles. The van der Waals surface area contributed by atoms with E-state index in [1.807, 2.05) is 0 Å². The van der Waals surface area contributed by atoms with Gasteiger partial charge in [-0.05, 0) is 42.5 Å². The minimum Gasteiger partial charge on any atom is -0.359 e. The minimum atomic E-state index is -4.49. The Morgan fingerprint density at radius 1 is 0.923 bits per heavy atom. The molecule has 5 nitrogen and oxygen atoms in total. The zero-order valence-electron chi connectivity index (χ0n) is 12.9. The van der Waals surface area contributed by atoms with Crippen molar-refractivity contribution in [2.75, 3.05) is 10.6 Å². The molecule has 0 aliphatic carbocycles. The third kappa shape index (κ3) is 3.66. The number of amides is 2. The molecular weight excluding hydrogens is 354 g/mol. The molecule has 0 unspecified atom stereocenters. The lowest BCUT2D eigenvalue weighted by molar-refractivity contribution is -0.137. The fraction of sp³-hybridized carbons (Fsp3) is 0.0588. The molecule has 0 radical (unpaired) electrons. The van der Waals surface area contributed by atoms with E-state index in [2.05, 4.69) is 15.6 Å². The molecule has 2 amide bonds. The second-order valence-electron chi connectivity index (χ2n) is 5.38. The van der Waals surface area contributed by atoms with Crippen molar-refractivity contribution >= 4 is 34.1 Å². The van der Waals surface area contributed by atoms with E-state index in [-0.39, 0.29) is 11.4 Å². The molecule has 134 valence electrons. The zero-order valence-corrected chi connectivity index (χ0v) is 12.9. The monoisotopic (exact) mass is 365 g/mol. The van der Waals surface area contributed by atoms with E-state index in [0.717, 1.165) is 24.3 Å². The molecule has 1 heterocycles. The molecule has 0 aliphatic heterocycles. The van der Waals surface area contributed by atoms with Crippen LogP contribution in [0.25, 0.3) is 10.9 Å². The quantitative estimate of drug-likeness (QED) is 0.476. The molecule has 0 spiro atoms. The lowest BCUT2D eigenvalue weighted by Gasteiger charge is -2.09. The third-order valence-corrected chi connectivity index (χ3v) is 3.57. The van der Waals surface area contributed by atoms with Crippen molar-refractivity contribution in [3.63, 3.8) is 0 Å². The highest BCUT2D eigenvalue weighted by molar-refractivity contribution is 6.44. The van der Waals surface area contributed by atoms with Gasteiger partial charge in [0, 0.05) is 17.3 Å². The molecule has 26 heavy (non-hydrogen) atoms. The van der Waals surface area contributed by atoms with E-state index in [4.69, 9.17) is 0 Å². The highest BCUT2D eigenvalue weighted by Gasteiger charge is 2.30. The Kier molecular flexibility index (Phi) is 4.37. The number of hydrogen-bond donors (Lipinski definition) is 3. The first-order valence-electron chi connectivity index (χ1n) is 7.30. The second-order valence-corrected chi connectivity index (χ2v) is 5.38. The highest BCUT2D eigenvalue weighted by Crippen LogP contribution is 2.29. The summed E-state index contributed by atoms with van der Waals surface area (Å²) in [6.45, 7) is 0. The summed E-state index contributed by atoms with van der Waals surface area (Å²) in [6.07, 6.45) is -3.10. The predicted molar refractivity (Wildman–Crippen MR) is 87.0 cm³/mol. The van der Waals surface area contributed by atoms with Crippen LogP contribution in [0.15, 0.2) is 48.7 Å². The first-order valence-corrected chi connectivity index (χ1v) is 7.30. The summed E-state index contributed by atoms with van der Waals surface area (Å²) in [5, 5.41) is 5.06. The summed E-state index contributed by atoms with van der Waals surface area (Å²) in [7, 11) is 0. The highest BCUT2D eigenvalue weighted by atomic mass is 19.4. The van der Waals surface area contributed by atoms with Crippen LogP contribution in [-0.4, -0.2) is 16.8 Å². The summed E-state index contributed by atoms with van der Waals surface area (Å²) < 4.78 is 50.6. The van der Waals surface area contributed by atoms with Crippen LogP contribution in [0.1, 0.15) is 5.56 Å². The molecule has 0 saturated carbocycles. The first-order chi connectivity index (χ1) is 12.2. The average Bonchev–Trinajstić information content (AvgIpc) is 2.96. The number of carbonyl (C=O) groups is 2. The summed E-state index contributed by atoms with van der Waals surface area (Å²) in [6, 6.07) is 7.54. The maximum absolute atomic E-state index is 13.1. The van der Waals surface area contributed by atoms with Crippen LogP contribution < -0.4 is 10.6 Å². The lowest BCUT2D eigenvalue weighted by Crippen LogP contribution is -2.29. The first kappa shape index (κ1) is 17.5. The molecule has 0 aliphatic rings. The van der Waals surface area contributed by atoms with Gasteiger partial charge in [-0.25, -0.2) is 4.39 Å². The number of benzene rings is 2. The Morgan fingerprint density at radius 2 is 1.58 bits per heavy atom. The van der Waals surface area contributed by atoms with E-state index in [1.54, 1.807) is 0 Å². The fourth-order valence-electron chi connectivity index (χ4n) is 2.31. The summed E-state index contributed by atoms with van der Waals surface area (Å²) >= 11 is 0. The van der Waals surface area contributed by atoms with Gasteiger partial charge in [0.05, 0.1) is 16.8 Å². The maximum atomic E-state index is 13.1. The van der Waals surface area contributed by atoms with Crippen LogP contribution in [0.3, 0.4) is 0 Å². The standard InChI is InChI=1S/C17H11F4N3O2/c18-10-3-6-12-13(7-10)22-8-14(12)24-16(26)15(25)23-11-4-1-9(2-5-11)17(19,20)21/h1-8,22H,(H,23,25)(H,24,26). The number of alkyl halides is 3. The number of aromatic nitrogens is 1. The van der Waals surface area contributed by atoms with Crippen LogP contribution in [-0.2, 0) is 15.8 Å². The van der Waals surface area contributed by atoms with Crippen molar-refractivity contribution in [3.8, 4) is 0 Å². The van der Waals surface area contributed by atoms with Crippen LogP contribution in [0.2, 0.25) is 0 Å². The van der Waals surface area contributed by atoms with E-state index < -0.39 is 29.4 Å². The van der Waals surface area contributed by atoms with E-state index in [0.29, 0.717) is 10.9 Å². The van der Waals surface area contributed by atoms with Crippen molar-refractivity contribution in [2.45, 2.75) is 6.18 Å². The van der Waals surface area contributed by atoms with Crippen LogP contribution >= 0.6 is 0 Å². The van der Waals surface area contributed by atoms with Gasteiger partial charge >= 0.3 is 18.0 Å². The van der Waals surface area contributed by atoms with Crippen molar-refractivity contribution < 1.29 is 27.2 Å². The Hall–Kier alpha value is -3.36. The number of carbonyl (C=O) groups excluding carboxylic acids is 2. The molecule has 3 N–H and O–H groups in total. The second kappa shape index (κ2) is 6.51. The van der Waals surface area contributed by atoms with Crippen molar-refractivity contribution in [2.24, 2.45) is 0 Å². The number of nitrogens with one attached hydrogen (secondary N) is 3. The van der Waals surface area contributed by atoms with E-state index >= 15 is 0 Å². The van der Waals surface area contributed by atoms with Crippen LogP contribution in [0.4, 0.5) is 28.9 Å². The van der Waals surface area contributed by atoms with Gasteiger partial charge in [0.15, 0.2) is 0 Å². The molecule has 0 bridgehead atoms. The number of fused-ring (bicyclic) bond motifs is 1. The van der Waals surface area contributed by atoms with Gasteiger partial charge in [0.2, 0.25) is 0 Å². The van der Waals surface area contributed by atoms with Crippen molar-refractivity contribution in [3.05, 3.63) is 60.0 Å². The Morgan fingerprint density at radius 3 is 2.23 bits per heavy atom. The van der Waals surface area contributed by atoms with Gasteiger partial charge in [-0.3, -0.25) is 9.59 Å². The number of hydrogen-bond acceptors (Lipinski definition) is 2. The number of halogens is 4. The Balaban J connectivity index is 1.68. The normalized spacial score (nSPS) is 11.4. The van der Waals surface area contributed by atoms with Crippen LogP contribution in [0, 0.1) is 5.82 Å². The minimum absolute atomic E-state index is 0.0409. The number of aromatic amines is 1. The Labute approximate surface area is 144 Å². The number of anilines is 2. The molecule has 3 rings (SSSR count). The smallest absolute Gasteiger partial charge is 0.359 e. The van der Waals surface area contributed by atoms with E-state index in [1.165, 1.54) is 24.4 Å². The number of H-pyrrole nitrogens is 1. The van der Waals surface area contributed by atoms with Crippen molar-refractivity contribution in [1.82, 2.24) is 4.98 Å². The third-order valence-electron chi connectivity index (χ3n) is 3.57. The van der Waals surface area contributed by atoms with Gasteiger partial charge in [0.1, 0.15) is 5.82 Å². The average molecular weight is 365 g/mol. The molecular formula is C17H11F4N3O2. The topological polar surface area (TPSA) is 74.0 Å². The van der Waals surface area contributed by atoms with Gasteiger partial charge in [-0.1, -0.05) is 0 Å². The maximum Gasteiger partial charge on any atom is 0.416 e. The molecule has 1 aromatic heterocycles. The zero-order chi connectivity index (χ0) is 18.9. The van der Waals surface area contributed by atoms with Crippen LogP contribution in [0.5, 0.6) is 0 Å². The van der Waals surface area contributed by atoms with E-state index in [9.17, 15) is 27.2 Å².